The molecule has 4 fully saturated rings. The number of rotatable bonds is 8. The van der Waals surface area contributed by atoms with Gasteiger partial charge in [-0.05, 0) is 93.5 Å². The van der Waals surface area contributed by atoms with Crippen molar-refractivity contribution in [3.05, 3.63) is 75.2 Å². The zero-order chi connectivity index (χ0) is 29.1. The van der Waals surface area contributed by atoms with Crippen LogP contribution in [0.5, 0.6) is 0 Å². The predicted octanol–water partition coefficient (Wildman–Crippen LogP) is 4.88. The number of nitrogens with zero attached hydrogens (tertiary/aromatic N) is 2. The Morgan fingerprint density at radius 1 is 1.02 bits per heavy atom. The minimum absolute atomic E-state index is 0.00136. The molecule has 1 aromatic heterocycles. The monoisotopic (exact) mass is 597 g/mol. The number of sulfonamides is 1. The van der Waals surface area contributed by atoms with Gasteiger partial charge in [-0.1, -0.05) is 29.8 Å². The highest BCUT2D eigenvalue weighted by Gasteiger charge is 2.54. The molecule has 0 unspecified atom stereocenters. The van der Waals surface area contributed by atoms with E-state index in [-0.39, 0.29) is 33.6 Å². The molecule has 1 N–H and O–H groups in total. The van der Waals surface area contributed by atoms with Gasteiger partial charge in [-0.25, -0.2) is 17.9 Å². The maximum atomic E-state index is 13.4. The molecule has 4 aliphatic carbocycles. The number of anilines is 1. The molecule has 0 atom stereocenters. The van der Waals surface area contributed by atoms with Gasteiger partial charge in [0.25, 0.3) is 15.6 Å². The van der Waals surface area contributed by atoms with Gasteiger partial charge in [0.05, 0.1) is 26.9 Å². The summed E-state index contributed by atoms with van der Waals surface area (Å²) in [6.45, 7) is 1.27. The van der Waals surface area contributed by atoms with Crippen LogP contribution in [0.3, 0.4) is 0 Å². The predicted molar refractivity (Wildman–Crippen MR) is 154 cm³/mol. The SMILES string of the molecule is Cc1c(NS(=O)(=O)c2ccc(Cl)c(C(=O)OCC(=O)C34CC5CC(CC(C5)C3)C4)c2)c(=O)n(-c2ccccc2)n1C. The minimum Gasteiger partial charge on any atom is -0.454 e. The van der Waals surface area contributed by atoms with Crippen molar-refractivity contribution in [1.29, 1.82) is 0 Å². The molecule has 41 heavy (non-hydrogen) atoms. The van der Waals surface area contributed by atoms with E-state index in [2.05, 4.69) is 4.72 Å². The number of hydrogen-bond donors (Lipinski definition) is 1. The molecule has 0 radical (unpaired) electrons. The Morgan fingerprint density at radius 2 is 1.63 bits per heavy atom. The summed E-state index contributed by atoms with van der Waals surface area (Å²) in [4.78, 5) is 39.3. The molecular formula is C30H32ClN3O6S. The molecule has 9 nitrogen and oxygen atoms in total. The van der Waals surface area contributed by atoms with Crippen molar-refractivity contribution < 1.29 is 22.7 Å². The molecule has 4 saturated carbocycles. The number of ether oxygens (including phenoxy) is 1. The van der Waals surface area contributed by atoms with Gasteiger partial charge in [-0.15, -0.1) is 0 Å². The number of para-hydroxylation sites is 1. The summed E-state index contributed by atoms with van der Waals surface area (Å²) in [6.07, 6.45) is 6.17. The highest BCUT2D eigenvalue weighted by Crippen LogP contribution is 2.60. The molecule has 0 saturated heterocycles. The summed E-state index contributed by atoms with van der Waals surface area (Å²) >= 11 is 6.26. The number of hydrogen-bond acceptors (Lipinski definition) is 6. The maximum Gasteiger partial charge on any atom is 0.340 e. The smallest absolute Gasteiger partial charge is 0.340 e. The Hall–Kier alpha value is -3.37. The molecule has 0 aliphatic heterocycles. The number of Topliss-reactive ketones (excluding diaryl/α,β-unsaturated/α-hetero) is 1. The average Bonchev–Trinajstić information content (AvgIpc) is 3.13. The first-order valence-electron chi connectivity index (χ1n) is 13.8. The van der Waals surface area contributed by atoms with Crippen LogP contribution in [0.15, 0.2) is 58.2 Å². The Bertz CT molecular complexity index is 1670. The van der Waals surface area contributed by atoms with Crippen LogP contribution in [0, 0.1) is 30.1 Å². The number of aromatic nitrogens is 2. The van der Waals surface area contributed by atoms with E-state index < -0.39 is 27.0 Å². The zero-order valence-corrected chi connectivity index (χ0v) is 24.5. The number of carbonyl (C=O) groups is 2. The van der Waals surface area contributed by atoms with Crippen molar-refractivity contribution >= 4 is 39.1 Å². The van der Waals surface area contributed by atoms with Gasteiger partial charge in [-0.3, -0.25) is 19.0 Å². The molecule has 4 bridgehead atoms. The van der Waals surface area contributed by atoms with E-state index in [0.29, 0.717) is 29.1 Å². The van der Waals surface area contributed by atoms with Crippen molar-refractivity contribution in [1.82, 2.24) is 9.36 Å². The summed E-state index contributed by atoms with van der Waals surface area (Å²) in [7, 11) is -2.63. The van der Waals surface area contributed by atoms with Crippen molar-refractivity contribution in [3.8, 4) is 5.69 Å². The summed E-state index contributed by atoms with van der Waals surface area (Å²) in [5.41, 5.74) is -0.256. The fourth-order valence-electron chi connectivity index (χ4n) is 7.52. The Balaban J connectivity index is 1.20. The Kier molecular flexibility index (Phi) is 6.89. The van der Waals surface area contributed by atoms with Crippen molar-refractivity contribution in [2.45, 2.75) is 50.3 Å². The largest absolute Gasteiger partial charge is 0.454 e. The van der Waals surface area contributed by atoms with E-state index in [4.69, 9.17) is 16.3 Å². The van der Waals surface area contributed by atoms with Crippen LogP contribution < -0.4 is 10.3 Å². The second-order valence-corrected chi connectivity index (χ2v) is 14.0. The van der Waals surface area contributed by atoms with E-state index in [0.717, 1.165) is 25.3 Å². The fourth-order valence-corrected chi connectivity index (χ4v) is 8.86. The number of nitrogens with one attached hydrogen (secondary N) is 1. The van der Waals surface area contributed by atoms with Gasteiger partial charge >= 0.3 is 5.97 Å². The van der Waals surface area contributed by atoms with E-state index in [1.165, 1.54) is 36.1 Å². The van der Waals surface area contributed by atoms with Crippen LogP contribution in [0.4, 0.5) is 5.69 Å². The van der Waals surface area contributed by atoms with Crippen molar-refractivity contribution in [2.24, 2.45) is 30.2 Å². The minimum atomic E-state index is -4.29. The highest BCUT2D eigenvalue weighted by atomic mass is 35.5. The van der Waals surface area contributed by atoms with Gasteiger partial charge < -0.3 is 4.74 Å². The van der Waals surface area contributed by atoms with Crippen molar-refractivity contribution in [2.75, 3.05) is 11.3 Å². The quantitative estimate of drug-likeness (QED) is 0.370. The number of esters is 1. The normalized spacial score (nSPS) is 24.8. The number of halogens is 1. The third-order valence-corrected chi connectivity index (χ3v) is 10.9. The van der Waals surface area contributed by atoms with Gasteiger partial charge in [0.2, 0.25) is 0 Å². The van der Waals surface area contributed by atoms with Crippen LogP contribution in [-0.4, -0.2) is 36.1 Å². The first kappa shape index (κ1) is 27.8. The van der Waals surface area contributed by atoms with Gasteiger partial charge in [0.1, 0.15) is 5.69 Å². The first-order valence-corrected chi connectivity index (χ1v) is 15.7. The van der Waals surface area contributed by atoms with Crippen LogP contribution in [0.1, 0.15) is 54.6 Å². The lowest BCUT2D eigenvalue weighted by molar-refractivity contribution is -0.147. The highest BCUT2D eigenvalue weighted by molar-refractivity contribution is 7.92. The topological polar surface area (TPSA) is 116 Å². The van der Waals surface area contributed by atoms with E-state index in [1.807, 2.05) is 6.07 Å². The summed E-state index contributed by atoms with van der Waals surface area (Å²) < 4.78 is 37.4. The molecule has 11 heteroatoms. The number of ketones is 1. The van der Waals surface area contributed by atoms with Gasteiger partial charge in [-0.2, -0.15) is 0 Å². The van der Waals surface area contributed by atoms with Crippen LogP contribution in [0.25, 0.3) is 5.69 Å². The third kappa shape index (κ3) is 4.91. The van der Waals surface area contributed by atoms with Gasteiger partial charge in [0.15, 0.2) is 12.4 Å². The van der Waals surface area contributed by atoms with Gasteiger partial charge in [0, 0.05) is 12.5 Å². The summed E-state index contributed by atoms with van der Waals surface area (Å²) in [6, 6.07) is 12.5. The summed E-state index contributed by atoms with van der Waals surface area (Å²) in [5, 5.41) is -0.00136. The lowest BCUT2D eigenvalue weighted by Gasteiger charge is -2.55. The molecule has 1 heterocycles. The summed E-state index contributed by atoms with van der Waals surface area (Å²) in [5.74, 6) is 0.813. The molecule has 4 aliphatic rings. The fraction of sp³-hybridized carbons (Fsp3) is 0.433. The second-order valence-electron chi connectivity index (χ2n) is 11.9. The zero-order valence-electron chi connectivity index (χ0n) is 22.9. The first-order chi connectivity index (χ1) is 19.5. The van der Waals surface area contributed by atoms with E-state index in [9.17, 15) is 22.8 Å². The average molecular weight is 598 g/mol. The third-order valence-electron chi connectivity index (χ3n) is 9.22. The standard InChI is InChI=1S/C30H32ClN3O6S/c1-18-27(28(36)34(33(18)2)22-6-4-3-5-7-22)32-41(38,39)23-8-9-25(31)24(13-23)29(37)40-17-26(35)30-14-19-10-20(15-30)12-21(11-19)16-30/h3-9,13,19-21,32H,10-12,14-17H2,1-2H3. The lowest BCUT2D eigenvalue weighted by Crippen LogP contribution is -2.51. The van der Waals surface area contributed by atoms with Crippen LogP contribution in [0.2, 0.25) is 5.02 Å². The van der Waals surface area contributed by atoms with Crippen molar-refractivity contribution in [3.63, 3.8) is 0 Å². The molecule has 0 amide bonds. The molecule has 3 aromatic rings. The van der Waals surface area contributed by atoms with Crippen LogP contribution in [-0.2, 0) is 26.6 Å². The molecule has 216 valence electrons. The Morgan fingerprint density at radius 3 is 2.24 bits per heavy atom. The van der Waals surface area contributed by atoms with E-state index in [1.54, 1.807) is 42.9 Å². The molecule has 7 rings (SSSR count). The van der Waals surface area contributed by atoms with Crippen LogP contribution >= 0.6 is 11.6 Å². The lowest BCUT2D eigenvalue weighted by atomic mass is 9.48. The molecular weight excluding hydrogens is 566 g/mol. The second kappa shape index (κ2) is 10.2. The van der Waals surface area contributed by atoms with E-state index >= 15 is 0 Å². The Labute approximate surface area is 243 Å². The number of benzene rings is 2. The maximum absolute atomic E-state index is 13.4. The molecule has 2 aromatic carbocycles. The number of carbonyl (C=O) groups excluding carboxylic acids is 2. The molecule has 0 spiro atoms.